The number of esters is 1. The molecule has 3 aromatic rings. The van der Waals surface area contributed by atoms with Crippen molar-refractivity contribution in [2.24, 2.45) is 0 Å². The quantitative estimate of drug-likeness (QED) is 0.499. The number of carbonyl (C=O) groups is 1. The van der Waals surface area contributed by atoms with Crippen molar-refractivity contribution < 1.29 is 19.0 Å². The highest BCUT2D eigenvalue weighted by Crippen LogP contribution is 2.50. The van der Waals surface area contributed by atoms with Gasteiger partial charge in [-0.3, -0.25) is 4.98 Å². The molecule has 27 heavy (non-hydrogen) atoms. The van der Waals surface area contributed by atoms with E-state index in [9.17, 15) is 4.79 Å². The molecule has 2 unspecified atom stereocenters. The van der Waals surface area contributed by atoms with E-state index in [-0.39, 0.29) is 24.8 Å². The van der Waals surface area contributed by atoms with Crippen molar-refractivity contribution in [3.63, 3.8) is 0 Å². The standard InChI is InChI=1S/C22H19NO4/c24-22(14-5-6-15-17(13-14)21-8-7-20(15)27-21)26-12-11-25-19-9-10-23-18-4-2-1-3-16(18)19/h1-6,9-10,13,20-21H,7-8,11-12H2. The largest absolute Gasteiger partial charge is 0.489 e. The van der Waals surface area contributed by atoms with E-state index in [1.54, 1.807) is 6.20 Å². The van der Waals surface area contributed by atoms with E-state index < -0.39 is 0 Å². The molecule has 5 nitrogen and oxygen atoms in total. The zero-order valence-corrected chi connectivity index (χ0v) is 14.8. The number of ether oxygens (including phenoxy) is 3. The molecule has 1 aromatic heterocycles. The molecule has 0 saturated carbocycles. The van der Waals surface area contributed by atoms with E-state index in [0.29, 0.717) is 12.2 Å². The van der Waals surface area contributed by atoms with E-state index in [1.807, 2.05) is 48.5 Å². The van der Waals surface area contributed by atoms with Crippen molar-refractivity contribution in [2.45, 2.75) is 25.0 Å². The molecule has 2 bridgehead atoms. The van der Waals surface area contributed by atoms with Crippen molar-refractivity contribution in [2.75, 3.05) is 13.2 Å². The molecule has 0 amide bonds. The van der Waals surface area contributed by atoms with Crippen LogP contribution in [0.4, 0.5) is 0 Å². The Morgan fingerprint density at radius 1 is 1.04 bits per heavy atom. The zero-order chi connectivity index (χ0) is 18.2. The number of pyridine rings is 1. The molecular formula is C22H19NO4. The first-order valence-corrected chi connectivity index (χ1v) is 9.22. The van der Waals surface area contributed by atoms with Crippen molar-refractivity contribution in [1.29, 1.82) is 0 Å². The number of nitrogens with zero attached hydrogens (tertiary/aromatic N) is 1. The second kappa shape index (κ2) is 6.67. The van der Waals surface area contributed by atoms with Crippen LogP contribution in [0, 0.1) is 0 Å². The van der Waals surface area contributed by atoms with Crippen LogP contribution in [0.1, 0.15) is 46.5 Å². The van der Waals surface area contributed by atoms with Crippen LogP contribution in [0.3, 0.4) is 0 Å². The van der Waals surface area contributed by atoms with Crippen molar-refractivity contribution >= 4 is 16.9 Å². The van der Waals surface area contributed by atoms with Gasteiger partial charge in [-0.2, -0.15) is 0 Å². The highest BCUT2D eigenvalue weighted by molar-refractivity contribution is 5.90. The lowest BCUT2D eigenvalue weighted by molar-refractivity contribution is 0.0451. The van der Waals surface area contributed by atoms with Gasteiger partial charge >= 0.3 is 5.97 Å². The highest BCUT2D eigenvalue weighted by atomic mass is 16.6. The summed E-state index contributed by atoms with van der Waals surface area (Å²) in [6, 6.07) is 15.3. The van der Waals surface area contributed by atoms with Gasteiger partial charge < -0.3 is 14.2 Å². The molecule has 0 radical (unpaired) electrons. The summed E-state index contributed by atoms with van der Waals surface area (Å²) in [4.78, 5) is 16.7. The fourth-order valence-electron chi connectivity index (χ4n) is 3.93. The van der Waals surface area contributed by atoms with Gasteiger partial charge in [0.1, 0.15) is 19.0 Å². The van der Waals surface area contributed by atoms with E-state index in [1.165, 1.54) is 5.56 Å². The lowest BCUT2D eigenvalue weighted by atomic mass is 9.90. The first-order chi connectivity index (χ1) is 13.3. The molecule has 2 aromatic carbocycles. The first-order valence-electron chi connectivity index (χ1n) is 9.22. The third-order valence-corrected chi connectivity index (χ3v) is 5.22. The number of carbonyl (C=O) groups excluding carboxylic acids is 1. The summed E-state index contributed by atoms with van der Waals surface area (Å²) in [5, 5.41) is 0.944. The topological polar surface area (TPSA) is 57.7 Å². The van der Waals surface area contributed by atoms with Gasteiger partial charge in [0.05, 0.1) is 23.3 Å². The van der Waals surface area contributed by atoms with Crippen LogP contribution in [0.5, 0.6) is 5.75 Å². The minimum absolute atomic E-state index is 0.140. The molecule has 136 valence electrons. The highest BCUT2D eigenvalue weighted by Gasteiger charge is 2.38. The van der Waals surface area contributed by atoms with Gasteiger partial charge in [0.15, 0.2) is 0 Å². The molecule has 0 spiro atoms. The van der Waals surface area contributed by atoms with Crippen LogP contribution < -0.4 is 4.74 Å². The minimum atomic E-state index is -0.330. The molecule has 5 heteroatoms. The average Bonchev–Trinajstić information content (AvgIpc) is 3.33. The van der Waals surface area contributed by atoms with Crippen molar-refractivity contribution in [3.8, 4) is 5.75 Å². The maximum atomic E-state index is 12.3. The molecule has 0 aliphatic carbocycles. The second-order valence-electron chi connectivity index (χ2n) is 6.85. The van der Waals surface area contributed by atoms with Gasteiger partial charge in [0, 0.05) is 11.6 Å². The summed E-state index contributed by atoms with van der Waals surface area (Å²) in [5.74, 6) is 0.408. The maximum absolute atomic E-state index is 12.3. The lowest BCUT2D eigenvalue weighted by Crippen LogP contribution is -2.13. The molecule has 2 atom stereocenters. The monoisotopic (exact) mass is 361 g/mol. The molecule has 2 aliphatic rings. The Hall–Kier alpha value is -2.92. The summed E-state index contributed by atoms with van der Waals surface area (Å²) in [6.45, 7) is 0.480. The predicted molar refractivity (Wildman–Crippen MR) is 99.8 cm³/mol. The van der Waals surface area contributed by atoms with E-state index in [2.05, 4.69) is 4.98 Å². The van der Waals surface area contributed by atoms with Crippen LogP contribution in [0.25, 0.3) is 10.9 Å². The zero-order valence-electron chi connectivity index (χ0n) is 14.8. The maximum Gasteiger partial charge on any atom is 0.338 e. The Balaban J connectivity index is 1.20. The average molecular weight is 361 g/mol. The molecule has 1 fully saturated rings. The van der Waals surface area contributed by atoms with E-state index in [4.69, 9.17) is 14.2 Å². The molecule has 2 aliphatic heterocycles. The normalized spacial score (nSPS) is 19.9. The van der Waals surface area contributed by atoms with Gasteiger partial charge in [-0.1, -0.05) is 18.2 Å². The number of benzene rings is 2. The number of aromatic nitrogens is 1. The van der Waals surface area contributed by atoms with Gasteiger partial charge in [-0.15, -0.1) is 0 Å². The third-order valence-electron chi connectivity index (χ3n) is 5.22. The fourth-order valence-corrected chi connectivity index (χ4v) is 3.93. The summed E-state index contributed by atoms with van der Waals surface area (Å²) in [5.41, 5.74) is 3.80. The predicted octanol–water partition coefficient (Wildman–Crippen LogP) is 4.38. The number of fused-ring (bicyclic) bond motifs is 6. The Kier molecular flexibility index (Phi) is 4.02. The minimum Gasteiger partial charge on any atom is -0.489 e. The van der Waals surface area contributed by atoms with E-state index in [0.717, 1.165) is 35.1 Å². The lowest BCUT2D eigenvalue weighted by Gasteiger charge is -2.13. The van der Waals surface area contributed by atoms with Crippen molar-refractivity contribution in [3.05, 3.63) is 71.4 Å². The molecule has 0 N–H and O–H groups in total. The summed E-state index contributed by atoms with van der Waals surface area (Å²) in [7, 11) is 0. The van der Waals surface area contributed by atoms with Gasteiger partial charge in [-0.05, 0) is 54.3 Å². The number of rotatable bonds is 5. The number of hydrogen-bond donors (Lipinski definition) is 0. The summed E-state index contributed by atoms with van der Waals surface area (Å²) in [6.07, 6.45) is 4.16. The number of hydrogen-bond acceptors (Lipinski definition) is 5. The smallest absolute Gasteiger partial charge is 0.338 e. The Morgan fingerprint density at radius 3 is 2.81 bits per heavy atom. The molecular weight excluding hydrogens is 342 g/mol. The van der Waals surface area contributed by atoms with Crippen LogP contribution in [0.2, 0.25) is 0 Å². The fraction of sp³-hybridized carbons (Fsp3) is 0.273. The van der Waals surface area contributed by atoms with Crippen LogP contribution in [-0.2, 0) is 9.47 Å². The summed E-state index contributed by atoms with van der Waals surface area (Å²) >= 11 is 0. The number of para-hydroxylation sites is 1. The van der Waals surface area contributed by atoms with Gasteiger partial charge in [0.2, 0.25) is 0 Å². The molecule has 3 heterocycles. The van der Waals surface area contributed by atoms with Crippen LogP contribution in [-0.4, -0.2) is 24.2 Å². The molecule has 5 rings (SSSR count). The van der Waals surface area contributed by atoms with Gasteiger partial charge in [0.25, 0.3) is 0 Å². The summed E-state index contributed by atoms with van der Waals surface area (Å²) < 4.78 is 17.0. The Bertz CT molecular complexity index is 1010. The SMILES string of the molecule is O=C(OCCOc1ccnc2ccccc12)c1ccc2c(c1)C1CCC2O1. The van der Waals surface area contributed by atoms with E-state index >= 15 is 0 Å². The third kappa shape index (κ3) is 2.94. The van der Waals surface area contributed by atoms with Crippen LogP contribution >= 0.6 is 0 Å². The Labute approximate surface area is 156 Å². The van der Waals surface area contributed by atoms with Crippen molar-refractivity contribution in [1.82, 2.24) is 4.98 Å². The van der Waals surface area contributed by atoms with Crippen LogP contribution in [0.15, 0.2) is 54.7 Å². The first kappa shape index (κ1) is 16.3. The molecule has 1 saturated heterocycles. The van der Waals surface area contributed by atoms with Gasteiger partial charge in [-0.25, -0.2) is 4.79 Å². The second-order valence-corrected chi connectivity index (χ2v) is 6.85. The Morgan fingerprint density at radius 2 is 1.89 bits per heavy atom.